The fraction of sp³-hybridized carbons (Fsp3) is 0.312. The minimum atomic E-state index is 0.712. The second-order valence-corrected chi connectivity index (χ2v) is 5.12. The monoisotopic (exact) mass is 269 g/mol. The van der Waals surface area contributed by atoms with Gasteiger partial charge in [0, 0.05) is 12.1 Å². The molecule has 0 aliphatic carbocycles. The largest absolute Gasteiger partial charge is 0.464 e. The van der Waals surface area contributed by atoms with E-state index in [1.165, 1.54) is 0 Å². The van der Waals surface area contributed by atoms with Crippen LogP contribution in [0.4, 0.5) is 5.69 Å². The van der Waals surface area contributed by atoms with Gasteiger partial charge in [0.2, 0.25) is 0 Å². The van der Waals surface area contributed by atoms with Crippen LogP contribution in [-0.2, 0) is 13.0 Å². The molecule has 0 amide bonds. The molecule has 0 radical (unpaired) electrons. The molecule has 0 unspecified atom stereocenters. The van der Waals surface area contributed by atoms with Crippen LogP contribution in [0.2, 0.25) is 0 Å². The van der Waals surface area contributed by atoms with Crippen LogP contribution >= 0.6 is 0 Å². The first-order valence-electron chi connectivity index (χ1n) is 6.97. The van der Waals surface area contributed by atoms with Gasteiger partial charge in [-0.05, 0) is 43.7 Å². The van der Waals surface area contributed by atoms with Crippen LogP contribution in [0, 0.1) is 6.92 Å². The van der Waals surface area contributed by atoms with E-state index in [9.17, 15) is 0 Å². The number of benzene rings is 1. The van der Waals surface area contributed by atoms with Crippen molar-refractivity contribution in [3.05, 3.63) is 47.7 Å². The van der Waals surface area contributed by atoms with Crippen LogP contribution in [0.25, 0.3) is 11.0 Å². The lowest BCUT2D eigenvalue weighted by Gasteiger charge is -2.06. The van der Waals surface area contributed by atoms with Gasteiger partial charge in [0.25, 0.3) is 0 Å². The quantitative estimate of drug-likeness (QED) is 0.737. The molecule has 0 fully saturated rings. The van der Waals surface area contributed by atoms with Gasteiger partial charge < -0.3 is 14.7 Å². The van der Waals surface area contributed by atoms with E-state index in [2.05, 4.69) is 11.5 Å². The van der Waals surface area contributed by atoms with Gasteiger partial charge in [-0.2, -0.15) is 0 Å². The van der Waals surface area contributed by atoms with E-state index in [0.29, 0.717) is 6.54 Å². The lowest BCUT2D eigenvalue weighted by molar-refractivity contribution is 0.468. The van der Waals surface area contributed by atoms with E-state index in [1.807, 2.05) is 37.3 Å². The lowest BCUT2D eigenvalue weighted by Crippen LogP contribution is -2.04. The predicted molar refractivity (Wildman–Crippen MR) is 80.7 cm³/mol. The molecule has 2 heterocycles. The number of imidazole rings is 1. The number of nitrogens with two attached hydrogens (primary N) is 1. The zero-order valence-electron chi connectivity index (χ0n) is 11.9. The molecule has 4 heteroatoms. The summed E-state index contributed by atoms with van der Waals surface area (Å²) in [5, 5.41) is 0. The maximum absolute atomic E-state index is 5.85. The Labute approximate surface area is 118 Å². The second-order valence-electron chi connectivity index (χ2n) is 5.12. The Kier molecular flexibility index (Phi) is 3.22. The number of nitrogens with zero attached hydrogens (tertiary/aromatic N) is 2. The SMILES string of the molecule is CCCc1nc2cc(N)ccc2n1Cc1ccc(C)o1. The smallest absolute Gasteiger partial charge is 0.123 e. The van der Waals surface area contributed by atoms with Gasteiger partial charge in [-0.15, -0.1) is 0 Å². The van der Waals surface area contributed by atoms with Gasteiger partial charge >= 0.3 is 0 Å². The van der Waals surface area contributed by atoms with Gasteiger partial charge in [-0.1, -0.05) is 6.92 Å². The number of fused-ring (bicyclic) bond motifs is 1. The highest BCUT2D eigenvalue weighted by atomic mass is 16.3. The zero-order valence-corrected chi connectivity index (χ0v) is 11.9. The molecule has 0 saturated heterocycles. The van der Waals surface area contributed by atoms with Crippen molar-refractivity contribution in [2.75, 3.05) is 5.73 Å². The van der Waals surface area contributed by atoms with Crippen LogP contribution in [0.1, 0.15) is 30.7 Å². The molecule has 3 aromatic rings. The molecule has 0 spiro atoms. The number of anilines is 1. The molecule has 0 aliphatic heterocycles. The third-order valence-corrected chi connectivity index (χ3v) is 3.43. The number of nitrogen functional groups attached to an aromatic ring is 1. The van der Waals surface area contributed by atoms with E-state index >= 15 is 0 Å². The normalized spacial score (nSPS) is 11.3. The Morgan fingerprint density at radius 1 is 1.25 bits per heavy atom. The van der Waals surface area contributed by atoms with Crippen molar-refractivity contribution in [2.45, 2.75) is 33.2 Å². The van der Waals surface area contributed by atoms with E-state index in [0.717, 1.165) is 46.9 Å². The highest BCUT2D eigenvalue weighted by molar-refractivity contribution is 5.79. The summed E-state index contributed by atoms with van der Waals surface area (Å²) >= 11 is 0. The van der Waals surface area contributed by atoms with Gasteiger partial charge in [-0.3, -0.25) is 0 Å². The molecule has 0 atom stereocenters. The molecule has 3 rings (SSSR count). The van der Waals surface area contributed by atoms with Crippen LogP contribution in [-0.4, -0.2) is 9.55 Å². The molecular weight excluding hydrogens is 250 g/mol. The fourth-order valence-corrected chi connectivity index (χ4v) is 2.51. The molecule has 4 nitrogen and oxygen atoms in total. The molecule has 104 valence electrons. The summed E-state index contributed by atoms with van der Waals surface area (Å²) in [6.45, 7) is 4.84. The van der Waals surface area contributed by atoms with Crippen molar-refractivity contribution in [3.63, 3.8) is 0 Å². The van der Waals surface area contributed by atoms with Gasteiger partial charge in [0.05, 0.1) is 17.6 Å². The average Bonchev–Trinajstić information content (AvgIpc) is 2.95. The van der Waals surface area contributed by atoms with E-state index in [-0.39, 0.29) is 0 Å². The highest BCUT2D eigenvalue weighted by Crippen LogP contribution is 2.22. The Morgan fingerprint density at radius 3 is 2.80 bits per heavy atom. The second kappa shape index (κ2) is 5.04. The van der Waals surface area contributed by atoms with E-state index < -0.39 is 0 Å². The Bertz CT molecular complexity index is 739. The number of furan rings is 1. The molecule has 1 aromatic carbocycles. The van der Waals surface area contributed by atoms with Crippen molar-refractivity contribution in [3.8, 4) is 0 Å². The van der Waals surface area contributed by atoms with Crippen LogP contribution < -0.4 is 5.73 Å². The highest BCUT2D eigenvalue weighted by Gasteiger charge is 2.12. The van der Waals surface area contributed by atoms with Crippen molar-refractivity contribution < 1.29 is 4.42 Å². The maximum atomic E-state index is 5.85. The molecule has 2 aromatic heterocycles. The van der Waals surface area contributed by atoms with Gasteiger partial charge in [-0.25, -0.2) is 4.98 Å². The first-order valence-corrected chi connectivity index (χ1v) is 6.97. The molecule has 0 bridgehead atoms. The molecular formula is C16H19N3O. The summed E-state index contributed by atoms with van der Waals surface area (Å²) in [4.78, 5) is 4.71. The number of aryl methyl sites for hydroxylation is 2. The molecule has 20 heavy (non-hydrogen) atoms. The summed E-state index contributed by atoms with van der Waals surface area (Å²) in [6.07, 6.45) is 2.02. The van der Waals surface area contributed by atoms with Gasteiger partial charge in [0.1, 0.15) is 17.3 Å². The number of hydrogen-bond acceptors (Lipinski definition) is 3. The number of hydrogen-bond donors (Lipinski definition) is 1. The van der Waals surface area contributed by atoms with Crippen LogP contribution in [0.5, 0.6) is 0 Å². The van der Waals surface area contributed by atoms with Crippen molar-refractivity contribution in [2.24, 2.45) is 0 Å². The number of rotatable bonds is 4. The van der Waals surface area contributed by atoms with E-state index in [4.69, 9.17) is 15.1 Å². The first-order chi connectivity index (χ1) is 9.67. The summed E-state index contributed by atoms with van der Waals surface area (Å²) in [5.41, 5.74) is 8.66. The summed E-state index contributed by atoms with van der Waals surface area (Å²) in [6, 6.07) is 9.90. The molecule has 0 saturated carbocycles. The summed E-state index contributed by atoms with van der Waals surface area (Å²) in [5.74, 6) is 2.98. The fourth-order valence-electron chi connectivity index (χ4n) is 2.51. The number of aromatic nitrogens is 2. The topological polar surface area (TPSA) is 57.0 Å². The minimum Gasteiger partial charge on any atom is -0.464 e. The van der Waals surface area contributed by atoms with Crippen molar-refractivity contribution in [1.29, 1.82) is 0 Å². The van der Waals surface area contributed by atoms with Crippen molar-refractivity contribution >= 4 is 16.7 Å². The Hall–Kier alpha value is -2.23. The Morgan fingerprint density at radius 2 is 2.10 bits per heavy atom. The standard InChI is InChI=1S/C16H19N3O/c1-3-4-16-18-14-9-12(17)6-8-15(14)19(16)10-13-7-5-11(2)20-13/h5-9H,3-4,10,17H2,1-2H3. The Balaban J connectivity index is 2.08. The molecule has 2 N–H and O–H groups in total. The molecule has 0 aliphatic rings. The lowest BCUT2D eigenvalue weighted by atomic mass is 10.3. The minimum absolute atomic E-state index is 0.712. The van der Waals surface area contributed by atoms with E-state index in [1.54, 1.807) is 0 Å². The maximum Gasteiger partial charge on any atom is 0.123 e. The predicted octanol–water partition coefficient (Wildman–Crippen LogP) is 3.52. The summed E-state index contributed by atoms with van der Waals surface area (Å²) in [7, 11) is 0. The van der Waals surface area contributed by atoms with Crippen LogP contribution in [0.15, 0.2) is 34.7 Å². The average molecular weight is 269 g/mol. The zero-order chi connectivity index (χ0) is 14.1. The first kappa shape index (κ1) is 12.8. The van der Waals surface area contributed by atoms with Crippen LogP contribution in [0.3, 0.4) is 0 Å². The third kappa shape index (κ3) is 2.29. The summed E-state index contributed by atoms with van der Waals surface area (Å²) < 4.78 is 7.91. The van der Waals surface area contributed by atoms with Crippen molar-refractivity contribution in [1.82, 2.24) is 9.55 Å². The van der Waals surface area contributed by atoms with Gasteiger partial charge in [0.15, 0.2) is 0 Å². The third-order valence-electron chi connectivity index (χ3n) is 3.43.